The number of aliphatic imine (C=N–C) groups is 1. The molecule has 0 bridgehead atoms. The Morgan fingerprint density at radius 1 is 1.11 bits per heavy atom. The highest BCUT2D eigenvalue weighted by Gasteiger charge is 2.22. The SMILES string of the molecule is CCNC(=NCC(C)(O)c1ccccc1)NCCCCN1CCN(C)CC1.I. The number of rotatable bonds is 9. The van der Waals surface area contributed by atoms with E-state index in [0.717, 1.165) is 31.0 Å². The molecule has 1 heterocycles. The van der Waals surface area contributed by atoms with Gasteiger partial charge in [-0.25, -0.2) is 4.99 Å². The van der Waals surface area contributed by atoms with Crippen LogP contribution in [0.15, 0.2) is 35.3 Å². The maximum atomic E-state index is 10.7. The summed E-state index contributed by atoms with van der Waals surface area (Å²) in [5, 5.41) is 17.4. The molecule has 1 aromatic rings. The summed E-state index contributed by atoms with van der Waals surface area (Å²) >= 11 is 0. The summed E-state index contributed by atoms with van der Waals surface area (Å²) in [4.78, 5) is 9.53. The molecule has 1 aliphatic heterocycles. The van der Waals surface area contributed by atoms with E-state index in [-0.39, 0.29) is 24.0 Å². The normalized spacial score (nSPS) is 18.2. The largest absolute Gasteiger partial charge is 0.384 e. The Labute approximate surface area is 187 Å². The molecule has 3 N–H and O–H groups in total. The van der Waals surface area contributed by atoms with Gasteiger partial charge in [-0.3, -0.25) is 0 Å². The van der Waals surface area contributed by atoms with Crippen LogP contribution in [0.3, 0.4) is 0 Å². The van der Waals surface area contributed by atoms with E-state index in [1.54, 1.807) is 0 Å². The maximum Gasteiger partial charge on any atom is 0.191 e. The van der Waals surface area contributed by atoms with Gasteiger partial charge in [0, 0.05) is 39.3 Å². The number of aliphatic hydroxyl groups is 1. The third-order valence-corrected chi connectivity index (χ3v) is 5.07. The highest BCUT2D eigenvalue weighted by molar-refractivity contribution is 14.0. The van der Waals surface area contributed by atoms with Crippen LogP contribution in [0, 0.1) is 0 Å². The van der Waals surface area contributed by atoms with E-state index in [9.17, 15) is 5.11 Å². The fourth-order valence-electron chi connectivity index (χ4n) is 3.20. The first-order valence-electron chi connectivity index (χ1n) is 10.2. The lowest BCUT2D eigenvalue weighted by Gasteiger charge is -2.32. The summed E-state index contributed by atoms with van der Waals surface area (Å²) in [6, 6.07) is 9.72. The number of likely N-dealkylation sites (N-methyl/N-ethyl adjacent to an activating group) is 1. The predicted octanol–water partition coefficient (Wildman–Crippen LogP) is 2.09. The van der Waals surface area contributed by atoms with Crippen molar-refractivity contribution in [1.29, 1.82) is 0 Å². The second-order valence-electron chi connectivity index (χ2n) is 7.61. The fourth-order valence-corrected chi connectivity index (χ4v) is 3.20. The molecule has 0 spiro atoms. The number of guanidine groups is 1. The molecular weight excluding hydrogens is 465 g/mol. The Morgan fingerprint density at radius 2 is 1.79 bits per heavy atom. The Bertz CT molecular complexity index is 559. The van der Waals surface area contributed by atoms with E-state index in [4.69, 9.17) is 0 Å². The zero-order chi connectivity index (χ0) is 19.5. The van der Waals surface area contributed by atoms with Gasteiger partial charge >= 0.3 is 0 Å². The van der Waals surface area contributed by atoms with Crippen LogP contribution in [0.25, 0.3) is 0 Å². The molecule has 0 radical (unpaired) electrons. The lowest BCUT2D eigenvalue weighted by molar-refractivity contribution is 0.0672. The minimum atomic E-state index is -0.967. The molecule has 0 aliphatic carbocycles. The van der Waals surface area contributed by atoms with Gasteiger partial charge in [0.2, 0.25) is 0 Å². The minimum Gasteiger partial charge on any atom is -0.384 e. The van der Waals surface area contributed by atoms with Crippen LogP contribution in [0.4, 0.5) is 0 Å². The second kappa shape index (κ2) is 13.3. The van der Waals surface area contributed by atoms with Crippen molar-refractivity contribution < 1.29 is 5.11 Å². The van der Waals surface area contributed by atoms with E-state index in [2.05, 4.69) is 39.4 Å². The van der Waals surface area contributed by atoms with Crippen molar-refractivity contribution in [2.75, 3.05) is 59.4 Å². The molecule has 6 nitrogen and oxygen atoms in total. The Balaban J connectivity index is 0.00000392. The molecule has 1 aromatic carbocycles. The molecule has 1 saturated heterocycles. The van der Waals surface area contributed by atoms with E-state index in [0.29, 0.717) is 6.54 Å². The van der Waals surface area contributed by atoms with Crippen molar-refractivity contribution in [3.8, 4) is 0 Å². The number of unbranched alkanes of at least 4 members (excludes halogenated alkanes) is 1. The summed E-state index contributed by atoms with van der Waals surface area (Å²) in [5.41, 5.74) is -0.0813. The van der Waals surface area contributed by atoms with Crippen molar-refractivity contribution in [1.82, 2.24) is 20.4 Å². The summed E-state index contributed by atoms with van der Waals surface area (Å²) in [5.74, 6) is 0.772. The molecule has 0 aromatic heterocycles. The molecule has 0 amide bonds. The number of benzene rings is 1. The minimum absolute atomic E-state index is 0. The third kappa shape index (κ3) is 9.07. The number of hydrogen-bond donors (Lipinski definition) is 3. The average molecular weight is 503 g/mol. The van der Waals surface area contributed by atoms with Crippen LogP contribution >= 0.6 is 24.0 Å². The van der Waals surface area contributed by atoms with Gasteiger partial charge < -0.3 is 25.5 Å². The topological polar surface area (TPSA) is 63.1 Å². The average Bonchev–Trinajstić information content (AvgIpc) is 2.68. The van der Waals surface area contributed by atoms with Crippen molar-refractivity contribution >= 4 is 29.9 Å². The summed E-state index contributed by atoms with van der Waals surface area (Å²) in [7, 11) is 2.19. The zero-order valence-electron chi connectivity index (χ0n) is 17.7. The molecule has 28 heavy (non-hydrogen) atoms. The first kappa shape index (κ1) is 25.1. The second-order valence-corrected chi connectivity index (χ2v) is 7.61. The van der Waals surface area contributed by atoms with Crippen LogP contribution in [-0.2, 0) is 5.60 Å². The highest BCUT2D eigenvalue weighted by atomic mass is 127. The van der Waals surface area contributed by atoms with Crippen LogP contribution in [-0.4, -0.2) is 80.3 Å². The molecule has 1 atom stereocenters. The fraction of sp³-hybridized carbons (Fsp3) is 0.667. The molecular formula is C21H38IN5O. The molecule has 160 valence electrons. The van der Waals surface area contributed by atoms with Gasteiger partial charge in [-0.1, -0.05) is 30.3 Å². The lowest BCUT2D eigenvalue weighted by Crippen LogP contribution is -2.44. The van der Waals surface area contributed by atoms with Crippen molar-refractivity contribution in [2.24, 2.45) is 4.99 Å². The van der Waals surface area contributed by atoms with Gasteiger partial charge in [0.05, 0.1) is 6.54 Å². The van der Waals surface area contributed by atoms with Crippen molar-refractivity contribution in [2.45, 2.75) is 32.3 Å². The molecule has 1 fully saturated rings. The first-order valence-corrected chi connectivity index (χ1v) is 10.2. The van der Waals surface area contributed by atoms with Gasteiger partial charge in [-0.05, 0) is 45.8 Å². The van der Waals surface area contributed by atoms with Crippen molar-refractivity contribution in [3.63, 3.8) is 0 Å². The Morgan fingerprint density at radius 3 is 2.43 bits per heavy atom. The van der Waals surface area contributed by atoms with Crippen LogP contribution in [0.1, 0.15) is 32.3 Å². The Kier molecular flexibility index (Phi) is 12.0. The molecule has 0 saturated carbocycles. The van der Waals surface area contributed by atoms with Gasteiger partial charge in [0.1, 0.15) is 5.60 Å². The van der Waals surface area contributed by atoms with Crippen molar-refractivity contribution in [3.05, 3.63) is 35.9 Å². The van der Waals surface area contributed by atoms with Crippen LogP contribution in [0.5, 0.6) is 0 Å². The zero-order valence-corrected chi connectivity index (χ0v) is 20.0. The number of nitrogens with one attached hydrogen (secondary N) is 2. The summed E-state index contributed by atoms with van der Waals surface area (Å²) in [6.07, 6.45) is 2.31. The maximum absolute atomic E-state index is 10.7. The van der Waals surface area contributed by atoms with Gasteiger partial charge in [-0.15, -0.1) is 24.0 Å². The van der Waals surface area contributed by atoms with Gasteiger partial charge in [0.25, 0.3) is 0 Å². The smallest absolute Gasteiger partial charge is 0.191 e. The van der Waals surface area contributed by atoms with Gasteiger partial charge in [0.15, 0.2) is 5.96 Å². The molecule has 2 rings (SSSR count). The summed E-state index contributed by atoms with van der Waals surface area (Å²) < 4.78 is 0. The number of hydrogen-bond acceptors (Lipinski definition) is 4. The third-order valence-electron chi connectivity index (χ3n) is 5.07. The van der Waals surface area contributed by atoms with E-state index >= 15 is 0 Å². The molecule has 1 unspecified atom stereocenters. The Hall–Kier alpha value is -0.900. The molecule has 7 heteroatoms. The molecule has 1 aliphatic rings. The number of halogens is 1. The predicted molar refractivity (Wildman–Crippen MR) is 129 cm³/mol. The quantitative estimate of drug-likeness (QED) is 0.209. The standard InChI is InChI=1S/C21H37N5O.HI/c1-4-22-20(24-18-21(2,27)19-10-6-5-7-11-19)23-12-8-9-13-26-16-14-25(3)15-17-26;/h5-7,10-11,27H,4,8-9,12-18H2,1-3H3,(H2,22,23,24);1H. The summed E-state index contributed by atoms with van der Waals surface area (Å²) in [6.45, 7) is 11.8. The van der Waals surface area contributed by atoms with Gasteiger partial charge in [-0.2, -0.15) is 0 Å². The number of piperazine rings is 1. The number of nitrogens with zero attached hydrogens (tertiary/aromatic N) is 3. The first-order chi connectivity index (χ1) is 13.0. The van der Waals surface area contributed by atoms with E-state index < -0.39 is 5.60 Å². The van der Waals surface area contributed by atoms with E-state index in [1.807, 2.05) is 37.3 Å². The van der Waals surface area contributed by atoms with Crippen LogP contribution in [0.2, 0.25) is 0 Å². The lowest BCUT2D eigenvalue weighted by atomic mass is 9.96. The monoisotopic (exact) mass is 503 g/mol. The highest BCUT2D eigenvalue weighted by Crippen LogP contribution is 2.20. The van der Waals surface area contributed by atoms with Crippen LogP contribution < -0.4 is 10.6 Å². The van der Waals surface area contributed by atoms with E-state index in [1.165, 1.54) is 39.1 Å².